The van der Waals surface area contributed by atoms with E-state index in [2.05, 4.69) is 36.2 Å². The van der Waals surface area contributed by atoms with Crippen LogP contribution in [0.25, 0.3) is 28.6 Å². The number of rotatable bonds is 4. The molecular formula is C27H25FN4O2. The van der Waals surface area contributed by atoms with E-state index in [1.54, 1.807) is 12.1 Å². The normalized spacial score (nSPS) is 14.3. The molecule has 0 radical (unpaired) electrons. The van der Waals surface area contributed by atoms with Crippen molar-refractivity contribution in [1.82, 2.24) is 19.1 Å². The number of hydrogen-bond donors (Lipinski definition) is 0. The van der Waals surface area contributed by atoms with E-state index in [9.17, 15) is 9.18 Å². The topological polar surface area (TPSA) is 61.9 Å². The molecule has 0 unspecified atom stereocenters. The lowest BCUT2D eigenvalue weighted by atomic mass is 10.0. The number of methoxy groups -OCH3 is 1. The van der Waals surface area contributed by atoms with Crippen molar-refractivity contribution in [3.8, 4) is 16.9 Å². The summed E-state index contributed by atoms with van der Waals surface area (Å²) in [6, 6.07) is 12.4. The maximum absolute atomic E-state index is 13.5. The zero-order valence-corrected chi connectivity index (χ0v) is 19.4. The molecule has 6 nitrogen and oxygen atoms in total. The Balaban J connectivity index is 1.58. The predicted octanol–water partition coefficient (Wildman–Crippen LogP) is 5.61. The summed E-state index contributed by atoms with van der Waals surface area (Å²) in [4.78, 5) is 21.6. The molecule has 0 saturated carbocycles. The first-order valence-electron chi connectivity index (χ1n) is 11.2. The lowest BCUT2D eigenvalue weighted by Crippen LogP contribution is -2.11. The van der Waals surface area contributed by atoms with E-state index in [0.717, 1.165) is 58.9 Å². The molecule has 0 spiro atoms. The van der Waals surface area contributed by atoms with Crippen LogP contribution in [0, 0.1) is 19.7 Å². The van der Waals surface area contributed by atoms with Crippen LogP contribution in [0.1, 0.15) is 46.0 Å². The number of allylic oxidation sites excluding steroid dienone is 1. The van der Waals surface area contributed by atoms with Gasteiger partial charge in [-0.15, -0.1) is 0 Å². The third kappa shape index (κ3) is 3.94. The van der Waals surface area contributed by atoms with E-state index in [-0.39, 0.29) is 11.5 Å². The second-order valence-electron chi connectivity index (χ2n) is 8.52. The van der Waals surface area contributed by atoms with Crippen LogP contribution in [-0.4, -0.2) is 32.2 Å². The van der Waals surface area contributed by atoms with Crippen LogP contribution in [0.3, 0.4) is 0 Å². The van der Waals surface area contributed by atoms with Gasteiger partial charge < -0.3 is 13.9 Å². The summed E-state index contributed by atoms with van der Waals surface area (Å²) in [5.41, 5.74) is 6.94. The minimum Gasteiger partial charge on any atom is -0.464 e. The van der Waals surface area contributed by atoms with Crippen molar-refractivity contribution in [1.29, 1.82) is 0 Å². The van der Waals surface area contributed by atoms with Crippen molar-refractivity contribution in [2.24, 2.45) is 0 Å². The van der Waals surface area contributed by atoms with Crippen LogP contribution in [0.4, 0.5) is 4.39 Å². The summed E-state index contributed by atoms with van der Waals surface area (Å²) in [5.74, 6) is -0.0821. The molecule has 0 atom stereocenters. The summed E-state index contributed by atoms with van der Waals surface area (Å²) < 4.78 is 22.6. The number of hydrogen-bond acceptors (Lipinski definition) is 4. The standard InChI is InChI=1S/C27H25FN4O2/c1-17-13-19(6-11-23(17)31-15-18(2)29-16-31)14-21-5-4-12-32-25(20-7-9-22(28)10-8-20)24(27(33)34-3)30-26(21)32/h6-11,13-16H,4-5,12H2,1-3H3/b21-14+. The molecule has 0 N–H and O–H groups in total. The maximum atomic E-state index is 13.5. The van der Waals surface area contributed by atoms with Crippen LogP contribution in [0.5, 0.6) is 0 Å². The number of esters is 1. The Bertz CT molecular complexity index is 1410. The average molecular weight is 457 g/mol. The van der Waals surface area contributed by atoms with Gasteiger partial charge in [-0.2, -0.15) is 0 Å². The Morgan fingerprint density at radius 3 is 2.62 bits per heavy atom. The summed E-state index contributed by atoms with van der Waals surface area (Å²) in [6.45, 7) is 4.77. The Morgan fingerprint density at radius 1 is 1.15 bits per heavy atom. The first kappa shape index (κ1) is 21.8. The highest BCUT2D eigenvalue weighted by Crippen LogP contribution is 2.35. The highest BCUT2D eigenvalue weighted by Gasteiger charge is 2.28. The number of ether oxygens (including phenoxy) is 1. The van der Waals surface area contributed by atoms with Crippen LogP contribution in [0.2, 0.25) is 0 Å². The number of carbonyl (C=O) groups is 1. The van der Waals surface area contributed by atoms with Gasteiger partial charge >= 0.3 is 5.97 Å². The SMILES string of the molecule is COC(=O)c1nc2n(c1-c1ccc(F)cc1)CCC/C2=C\c1ccc(-n2cnc(C)c2)c(C)c1. The Hall–Kier alpha value is -4.00. The van der Waals surface area contributed by atoms with E-state index in [4.69, 9.17) is 9.72 Å². The average Bonchev–Trinajstić information content (AvgIpc) is 3.44. The first-order chi connectivity index (χ1) is 16.4. The Labute approximate surface area is 197 Å². The van der Waals surface area contributed by atoms with Crippen molar-refractivity contribution in [3.05, 3.63) is 89.1 Å². The molecule has 7 heteroatoms. The highest BCUT2D eigenvalue weighted by atomic mass is 19.1. The number of halogens is 1. The summed E-state index contributed by atoms with van der Waals surface area (Å²) in [7, 11) is 1.35. The molecule has 3 heterocycles. The van der Waals surface area contributed by atoms with E-state index in [1.165, 1.54) is 19.2 Å². The fraction of sp³-hybridized carbons (Fsp3) is 0.222. The molecular weight excluding hydrogens is 431 g/mol. The zero-order chi connectivity index (χ0) is 23.8. The monoisotopic (exact) mass is 456 g/mol. The number of carbonyl (C=O) groups excluding carboxylic acids is 1. The summed E-state index contributed by atoms with van der Waals surface area (Å²) >= 11 is 0. The quantitative estimate of drug-likeness (QED) is 0.374. The molecule has 34 heavy (non-hydrogen) atoms. The summed E-state index contributed by atoms with van der Waals surface area (Å²) in [6.07, 6.45) is 7.71. The molecule has 0 aliphatic carbocycles. The molecule has 4 aromatic rings. The fourth-order valence-electron chi connectivity index (χ4n) is 4.54. The van der Waals surface area contributed by atoms with E-state index in [1.807, 2.05) is 28.6 Å². The minimum atomic E-state index is -0.503. The van der Waals surface area contributed by atoms with Gasteiger partial charge in [0.2, 0.25) is 0 Å². The molecule has 2 aromatic heterocycles. The second-order valence-corrected chi connectivity index (χ2v) is 8.52. The van der Waals surface area contributed by atoms with Crippen molar-refractivity contribution in [2.45, 2.75) is 33.2 Å². The van der Waals surface area contributed by atoms with Gasteiger partial charge in [0.15, 0.2) is 5.69 Å². The van der Waals surface area contributed by atoms with E-state index >= 15 is 0 Å². The molecule has 0 saturated heterocycles. The molecule has 1 aliphatic heterocycles. The van der Waals surface area contributed by atoms with Crippen molar-refractivity contribution >= 4 is 17.6 Å². The van der Waals surface area contributed by atoms with Gasteiger partial charge in [-0.05, 0) is 85.9 Å². The van der Waals surface area contributed by atoms with Crippen LogP contribution < -0.4 is 0 Å². The van der Waals surface area contributed by atoms with Gasteiger partial charge in [0.05, 0.1) is 24.8 Å². The lowest BCUT2D eigenvalue weighted by Gasteiger charge is -2.19. The molecule has 2 aromatic carbocycles. The van der Waals surface area contributed by atoms with Crippen molar-refractivity contribution in [3.63, 3.8) is 0 Å². The molecule has 0 fully saturated rings. The van der Waals surface area contributed by atoms with Gasteiger partial charge in [0, 0.05) is 24.0 Å². The van der Waals surface area contributed by atoms with Crippen LogP contribution in [0.15, 0.2) is 55.0 Å². The van der Waals surface area contributed by atoms with Gasteiger partial charge in [0.25, 0.3) is 0 Å². The summed E-state index contributed by atoms with van der Waals surface area (Å²) in [5, 5.41) is 0. The predicted molar refractivity (Wildman–Crippen MR) is 129 cm³/mol. The molecule has 172 valence electrons. The third-order valence-electron chi connectivity index (χ3n) is 6.13. The van der Waals surface area contributed by atoms with Crippen molar-refractivity contribution < 1.29 is 13.9 Å². The Morgan fingerprint density at radius 2 is 1.94 bits per heavy atom. The third-order valence-corrected chi connectivity index (χ3v) is 6.13. The van der Waals surface area contributed by atoms with Gasteiger partial charge in [-0.3, -0.25) is 0 Å². The van der Waals surface area contributed by atoms with Crippen molar-refractivity contribution in [2.75, 3.05) is 7.11 Å². The van der Waals surface area contributed by atoms with E-state index in [0.29, 0.717) is 5.69 Å². The number of nitrogens with zero attached hydrogens (tertiary/aromatic N) is 4. The van der Waals surface area contributed by atoms with Gasteiger partial charge in [-0.1, -0.05) is 6.07 Å². The number of fused-ring (bicyclic) bond motifs is 1. The molecule has 1 aliphatic rings. The number of benzene rings is 2. The number of imidazole rings is 2. The minimum absolute atomic E-state index is 0.249. The van der Waals surface area contributed by atoms with Gasteiger partial charge in [0.1, 0.15) is 11.6 Å². The second kappa shape index (κ2) is 8.74. The zero-order valence-electron chi connectivity index (χ0n) is 19.4. The van der Waals surface area contributed by atoms with Crippen LogP contribution in [-0.2, 0) is 11.3 Å². The number of aromatic nitrogens is 4. The van der Waals surface area contributed by atoms with Crippen LogP contribution >= 0.6 is 0 Å². The fourth-order valence-corrected chi connectivity index (χ4v) is 4.54. The Kier molecular flexibility index (Phi) is 5.61. The largest absolute Gasteiger partial charge is 0.464 e. The number of aryl methyl sites for hydroxylation is 2. The van der Waals surface area contributed by atoms with Gasteiger partial charge in [-0.25, -0.2) is 19.2 Å². The lowest BCUT2D eigenvalue weighted by molar-refractivity contribution is 0.0595. The smallest absolute Gasteiger partial charge is 0.358 e. The molecule has 0 amide bonds. The molecule has 0 bridgehead atoms. The highest BCUT2D eigenvalue weighted by molar-refractivity contribution is 5.96. The molecule has 5 rings (SSSR count). The first-order valence-corrected chi connectivity index (χ1v) is 11.2. The maximum Gasteiger partial charge on any atom is 0.358 e. The van der Waals surface area contributed by atoms with E-state index < -0.39 is 5.97 Å².